The summed E-state index contributed by atoms with van der Waals surface area (Å²) >= 11 is 0. The molecule has 104 valence electrons. The molecule has 0 unspecified atom stereocenters. The number of rotatable bonds is 6. The molecule has 1 rings (SSSR count). The average molecular weight is 266 g/mol. The number of hydrogen-bond acceptors (Lipinski definition) is 5. The summed E-state index contributed by atoms with van der Waals surface area (Å²) in [7, 11) is 1.67. The Bertz CT molecular complexity index is 476. The van der Waals surface area contributed by atoms with Crippen LogP contribution in [-0.2, 0) is 4.79 Å². The van der Waals surface area contributed by atoms with E-state index >= 15 is 0 Å². The Hall–Kier alpha value is -2.31. The highest BCUT2D eigenvalue weighted by molar-refractivity contribution is 5.89. The summed E-state index contributed by atoms with van der Waals surface area (Å²) in [6, 6.07) is 1.32. The first-order chi connectivity index (χ1) is 8.95. The molecule has 7 heteroatoms. The highest BCUT2D eigenvalue weighted by Crippen LogP contribution is 2.19. The van der Waals surface area contributed by atoms with Crippen molar-refractivity contribution < 1.29 is 14.7 Å². The maximum absolute atomic E-state index is 11.6. The van der Waals surface area contributed by atoms with Gasteiger partial charge in [0.2, 0.25) is 5.91 Å². The summed E-state index contributed by atoms with van der Waals surface area (Å²) in [5, 5.41) is 11.5. The SMILES string of the molecule is CCCNC(=O)CN(C)c1ncc(C(=O)O)cc1N. The molecular formula is C12H18N4O3. The van der Waals surface area contributed by atoms with Gasteiger partial charge in [-0.2, -0.15) is 0 Å². The summed E-state index contributed by atoms with van der Waals surface area (Å²) in [5.74, 6) is -0.835. The molecule has 0 atom stereocenters. The third kappa shape index (κ3) is 4.13. The second kappa shape index (κ2) is 6.58. The predicted octanol–water partition coefficient (Wildman–Crippen LogP) is 0.324. The van der Waals surface area contributed by atoms with Crippen molar-refractivity contribution in [3.8, 4) is 0 Å². The lowest BCUT2D eigenvalue weighted by molar-refractivity contribution is -0.119. The number of amides is 1. The maximum Gasteiger partial charge on any atom is 0.337 e. The first-order valence-corrected chi connectivity index (χ1v) is 5.92. The number of anilines is 2. The Kier molecular flexibility index (Phi) is 5.11. The van der Waals surface area contributed by atoms with Crippen molar-refractivity contribution in [2.45, 2.75) is 13.3 Å². The molecule has 1 heterocycles. The van der Waals surface area contributed by atoms with Gasteiger partial charge in [-0.05, 0) is 12.5 Å². The smallest absolute Gasteiger partial charge is 0.337 e. The Balaban J connectivity index is 2.74. The number of carbonyl (C=O) groups is 2. The van der Waals surface area contributed by atoms with Crippen molar-refractivity contribution in [2.75, 3.05) is 30.8 Å². The normalized spacial score (nSPS) is 10.0. The third-order valence-corrected chi connectivity index (χ3v) is 2.46. The van der Waals surface area contributed by atoms with Crippen LogP contribution in [0, 0.1) is 0 Å². The van der Waals surface area contributed by atoms with E-state index in [1.165, 1.54) is 12.3 Å². The number of nitrogen functional groups attached to an aromatic ring is 1. The zero-order chi connectivity index (χ0) is 14.4. The molecule has 0 aliphatic heterocycles. The fourth-order valence-corrected chi connectivity index (χ4v) is 1.52. The van der Waals surface area contributed by atoms with E-state index in [0.29, 0.717) is 12.4 Å². The van der Waals surface area contributed by atoms with Gasteiger partial charge in [0.25, 0.3) is 0 Å². The Morgan fingerprint density at radius 1 is 1.53 bits per heavy atom. The molecule has 0 saturated heterocycles. The second-order valence-corrected chi connectivity index (χ2v) is 4.15. The molecule has 1 aromatic rings. The van der Waals surface area contributed by atoms with E-state index in [4.69, 9.17) is 10.8 Å². The standard InChI is InChI=1S/C12H18N4O3/c1-3-4-14-10(17)7-16(2)11-9(13)5-8(6-15-11)12(18)19/h5-6H,3-4,7,13H2,1-2H3,(H,14,17)(H,18,19). The fourth-order valence-electron chi connectivity index (χ4n) is 1.52. The van der Waals surface area contributed by atoms with Crippen LogP contribution in [0.1, 0.15) is 23.7 Å². The molecule has 0 saturated carbocycles. The number of likely N-dealkylation sites (N-methyl/N-ethyl adjacent to an activating group) is 1. The van der Waals surface area contributed by atoms with E-state index in [1.54, 1.807) is 11.9 Å². The fraction of sp³-hybridized carbons (Fsp3) is 0.417. The van der Waals surface area contributed by atoms with Gasteiger partial charge in [-0.25, -0.2) is 9.78 Å². The second-order valence-electron chi connectivity index (χ2n) is 4.15. The summed E-state index contributed by atoms with van der Waals surface area (Å²) in [6.45, 7) is 2.70. The predicted molar refractivity (Wildman–Crippen MR) is 72.2 cm³/mol. The van der Waals surface area contributed by atoms with Gasteiger partial charge < -0.3 is 21.1 Å². The van der Waals surface area contributed by atoms with Gasteiger partial charge in [0.15, 0.2) is 5.82 Å². The van der Waals surface area contributed by atoms with E-state index < -0.39 is 5.97 Å². The molecule has 1 aromatic heterocycles. The van der Waals surface area contributed by atoms with Gasteiger partial charge in [0.1, 0.15) is 0 Å². The number of nitrogens with two attached hydrogens (primary N) is 1. The maximum atomic E-state index is 11.6. The van der Waals surface area contributed by atoms with Crippen LogP contribution in [0.25, 0.3) is 0 Å². The molecule has 0 aliphatic carbocycles. The van der Waals surface area contributed by atoms with Crippen molar-refractivity contribution in [3.05, 3.63) is 17.8 Å². The Morgan fingerprint density at radius 2 is 2.21 bits per heavy atom. The van der Waals surface area contributed by atoms with Crippen LogP contribution in [0.4, 0.5) is 11.5 Å². The molecule has 4 N–H and O–H groups in total. The van der Waals surface area contributed by atoms with Crippen molar-refractivity contribution in [2.24, 2.45) is 0 Å². The molecule has 0 bridgehead atoms. The summed E-state index contributed by atoms with van der Waals surface area (Å²) < 4.78 is 0. The molecule has 0 aromatic carbocycles. The number of pyridine rings is 1. The minimum absolute atomic E-state index is 0.0186. The van der Waals surface area contributed by atoms with Gasteiger partial charge in [-0.3, -0.25) is 4.79 Å². The minimum atomic E-state index is -1.09. The lowest BCUT2D eigenvalue weighted by Crippen LogP contribution is -2.36. The number of carboxylic acids is 1. The van der Waals surface area contributed by atoms with E-state index in [-0.39, 0.29) is 23.7 Å². The molecular weight excluding hydrogens is 248 g/mol. The molecule has 7 nitrogen and oxygen atoms in total. The van der Waals surface area contributed by atoms with E-state index in [0.717, 1.165) is 6.42 Å². The number of aromatic nitrogens is 1. The summed E-state index contributed by atoms with van der Waals surface area (Å²) in [5.41, 5.74) is 5.98. The number of aromatic carboxylic acids is 1. The topological polar surface area (TPSA) is 109 Å². The Labute approximate surface area is 111 Å². The van der Waals surface area contributed by atoms with Gasteiger partial charge in [0, 0.05) is 19.8 Å². The van der Waals surface area contributed by atoms with Gasteiger partial charge in [-0.15, -0.1) is 0 Å². The van der Waals surface area contributed by atoms with Gasteiger partial charge >= 0.3 is 5.97 Å². The van der Waals surface area contributed by atoms with Crippen molar-refractivity contribution >= 4 is 23.4 Å². The number of carboxylic acid groups (broad SMARTS) is 1. The molecule has 0 spiro atoms. The highest BCUT2D eigenvalue weighted by atomic mass is 16.4. The van der Waals surface area contributed by atoms with Crippen LogP contribution in [0.2, 0.25) is 0 Å². The van der Waals surface area contributed by atoms with E-state index in [9.17, 15) is 9.59 Å². The van der Waals surface area contributed by atoms with Crippen LogP contribution in [-0.4, -0.2) is 42.1 Å². The largest absolute Gasteiger partial charge is 0.478 e. The zero-order valence-electron chi connectivity index (χ0n) is 11.0. The third-order valence-electron chi connectivity index (χ3n) is 2.46. The number of carbonyl (C=O) groups excluding carboxylic acids is 1. The number of nitrogens with zero attached hydrogens (tertiary/aromatic N) is 2. The monoisotopic (exact) mass is 266 g/mol. The first-order valence-electron chi connectivity index (χ1n) is 5.92. The van der Waals surface area contributed by atoms with Crippen LogP contribution in [0.3, 0.4) is 0 Å². The first kappa shape index (κ1) is 14.7. The van der Waals surface area contributed by atoms with Gasteiger partial charge in [0.05, 0.1) is 17.8 Å². The lowest BCUT2D eigenvalue weighted by Gasteiger charge is -2.19. The van der Waals surface area contributed by atoms with Crippen molar-refractivity contribution in [3.63, 3.8) is 0 Å². The molecule has 0 radical (unpaired) electrons. The summed E-state index contributed by atoms with van der Waals surface area (Å²) in [4.78, 5) is 27.9. The number of nitrogens with one attached hydrogen (secondary N) is 1. The van der Waals surface area contributed by atoms with Crippen molar-refractivity contribution in [1.29, 1.82) is 0 Å². The number of hydrogen-bond donors (Lipinski definition) is 3. The zero-order valence-corrected chi connectivity index (χ0v) is 11.0. The van der Waals surface area contributed by atoms with Crippen LogP contribution < -0.4 is 16.0 Å². The highest BCUT2D eigenvalue weighted by Gasteiger charge is 2.13. The Morgan fingerprint density at radius 3 is 2.74 bits per heavy atom. The van der Waals surface area contributed by atoms with Crippen LogP contribution >= 0.6 is 0 Å². The molecule has 19 heavy (non-hydrogen) atoms. The van der Waals surface area contributed by atoms with Crippen LogP contribution in [0.5, 0.6) is 0 Å². The van der Waals surface area contributed by atoms with Crippen LogP contribution in [0.15, 0.2) is 12.3 Å². The van der Waals surface area contributed by atoms with Gasteiger partial charge in [-0.1, -0.05) is 6.92 Å². The summed E-state index contributed by atoms with van der Waals surface area (Å²) in [6.07, 6.45) is 2.08. The average Bonchev–Trinajstić information content (AvgIpc) is 2.35. The quantitative estimate of drug-likeness (QED) is 0.684. The lowest BCUT2D eigenvalue weighted by atomic mass is 10.2. The molecule has 1 amide bonds. The van der Waals surface area contributed by atoms with E-state index in [2.05, 4.69) is 10.3 Å². The molecule has 0 fully saturated rings. The van der Waals surface area contributed by atoms with E-state index in [1.807, 2.05) is 6.92 Å². The van der Waals surface area contributed by atoms with Crippen molar-refractivity contribution in [1.82, 2.24) is 10.3 Å². The minimum Gasteiger partial charge on any atom is -0.478 e. The molecule has 0 aliphatic rings.